The number of aromatic carboxylic acids is 1. The number of alkyl halides is 1. The molecule has 0 aliphatic rings. The smallest absolute Gasteiger partial charge is 0.338 e. The number of aromatic nitrogens is 1. The molecule has 0 bridgehead atoms. The summed E-state index contributed by atoms with van der Waals surface area (Å²) in [6, 6.07) is 15.9. The molecule has 0 amide bonds. The molecule has 1 atom stereocenters. The van der Waals surface area contributed by atoms with Crippen molar-refractivity contribution >= 4 is 28.6 Å². The topological polar surface area (TPSA) is 50.2 Å². The van der Waals surface area contributed by atoms with Gasteiger partial charge in [-0.3, -0.25) is 4.98 Å². The molecule has 1 N–H and O–H groups in total. The van der Waals surface area contributed by atoms with Gasteiger partial charge in [0.2, 0.25) is 0 Å². The van der Waals surface area contributed by atoms with Gasteiger partial charge in [0.25, 0.3) is 0 Å². The normalized spacial score (nSPS) is 12.0. The molecule has 5 heteroatoms. The van der Waals surface area contributed by atoms with Crippen molar-refractivity contribution in [1.29, 1.82) is 0 Å². The fourth-order valence-electron chi connectivity index (χ4n) is 3.12. The minimum Gasteiger partial charge on any atom is -0.478 e. The lowest BCUT2D eigenvalue weighted by molar-refractivity contribution is 0.0695. The first kappa shape index (κ1) is 19.5. The van der Waals surface area contributed by atoms with E-state index in [4.69, 9.17) is 4.98 Å². The number of benzene rings is 2. The number of hydrogen-bond acceptors (Lipinski definition) is 2. The lowest BCUT2D eigenvalue weighted by Gasteiger charge is -2.18. The first-order chi connectivity index (χ1) is 12.9. The number of nitrogens with zero attached hydrogens (tertiary/aromatic N) is 1. The van der Waals surface area contributed by atoms with E-state index in [-0.39, 0.29) is 17.3 Å². The average Bonchev–Trinajstić information content (AvgIpc) is 2.67. The average molecular weight is 475 g/mol. The standard InChI is InChI=1S/C22H19FINO2/c1-13-10-16(23)8-9-17(13)18-11-19(15-6-4-3-5-7-15)25-21(14(2)12-24)20(18)22(26)27/h3-11,14H,12H2,1-2H3,(H,26,27). The van der Waals surface area contributed by atoms with E-state index in [1.165, 1.54) is 12.1 Å². The van der Waals surface area contributed by atoms with Gasteiger partial charge >= 0.3 is 5.97 Å². The second-order valence-electron chi connectivity index (χ2n) is 6.50. The van der Waals surface area contributed by atoms with E-state index in [0.717, 1.165) is 9.99 Å². The van der Waals surface area contributed by atoms with Crippen LogP contribution in [0.2, 0.25) is 0 Å². The maximum absolute atomic E-state index is 13.6. The summed E-state index contributed by atoms with van der Waals surface area (Å²) >= 11 is 2.24. The van der Waals surface area contributed by atoms with E-state index in [1.807, 2.05) is 37.3 Å². The van der Waals surface area contributed by atoms with Crippen LogP contribution in [0.3, 0.4) is 0 Å². The van der Waals surface area contributed by atoms with Gasteiger partial charge in [0, 0.05) is 21.5 Å². The Hall–Kier alpha value is -2.28. The molecule has 3 rings (SSSR count). The quantitative estimate of drug-likeness (QED) is 0.359. The van der Waals surface area contributed by atoms with E-state index in [0.29, 0.717) is 28.1 Å². The number of rotatable bonds is 5. The minimum absolute atomic E-state index is 0.0279. The molecule has 0 saturated carbocycles. The van der Waals surface area contributed by atoms with E-state index in [1.54, 1.807) is 19.1 Å². The molecule has 3 aromatic rings. The summed E-state index contributed by atoms with van der Waals surface area (Å²) in [5.41, 5.74) is 4.33. The molecular formula is C22H19FINO2. The van der Waals surface area contributed by atoms with Crippen molar-refractivity contribution in [3.05, 3.63) is 77.2 Å². The highest BCUT2D eigenvalue weighted by Crippen LogP contribution is 2.35. The van der Waals surface area contributed by atoms with Crippen molar-refractivity contribution in [3.63, 3.8) is 0 Å². The third-order valence-electron chi connectivity index (χ3n) is 4.51. The van der Waals surface area contributed by atoms with E-state index < -0.39 is 5.97 Å². The highest BCUT2D eigenvalue weighted by Gasteiger charge is 2.24. The van der Waals surface area contributed by atoms with Crippen molar-refractivity contribution in [3.8, 4) is 22.4 Å². The van der Waals surface area contributed by atoms with Gasteiger partial charge in [0.15, 0.2) is 0 Å². The third kappa shape index (κ3) is 4.03. The van der Waals surface area contributed by atoms with Crippen LogP contribution < -0.4 is 0 Å². The molecule has 1 heterocycles. The molecule has 0 aliphatic heterocycles. The van der Waals surface area contributed by atoms with E-state index in [2.05, 4.69) is 22.6 Å². The summed E-state index contributed by atoms with van der Waals surface area (Å²) in [5.74, 6) is -1.39. The summed E-state index contributed by atoms with van der Waals surface area (Å²) in [6.07, 6.45) is 0. The monoisotopic (exact) mass is 475 g/mol. The van der Waals surface area contributed by atoms with Gasteiger partial charge in [0.1, 0.15) is 5.82 Å². The Balaban J connectivity index is 2.36. The maximum Gasteiger partial charge on any atom is 0.338 e. The van der Waals surface area contributed by atoms with Crippen molar-refractivity contribution in [1.82, 2.24) is 4.98 Å². The molecule has 2 aromatic carbocycles. The van der Waals surface area contributed by atoms with Gasteiger partial charge < -0.3 is 5.11 Å². The second kappa shape index (κ2) is 8.17. The molecular weight excluding hydrogens is 456 g/mol. The predicted octanol–water partition coefficient (Wildman–Crippen LogP) is 6.10. The molecule has 1 aromatic heterocycles. The molecule has 3 nitrogen and oxygen atoms in total. The Kier molecular flexibility index (Phi) is 5.89. The first-order valence-electron chi connectivity index (χ1n) is 8.58. The zero-order valence-electron chi connectivity index (χ0n) is 15.0. The molecule has 1 unspecified atom stereocenters. The van der Waals surface area contributed by atoms with Gasteiger partial charge in [-0.15, -0.1) is 0 Å². The third-order valence-corrected chi connectivity index (χ3v) is 5.83. The summed E-state index contributed by atoms with van der Waals surface area (Å²) in [4.78, 5) is 16.9. The van der Waals surface area contributed by atoms with Gasteiger partial charge in [-0.2, -0.15) is 0 Å². The number of pyridine rings is 1. The van der Waals surface area contributed by atoms with Crippen LogP contribution in [0.4, 0.5) is 4.39 Å². The minimum atomic E-state index is -1.02. The second-order valence-corrected chi connectivity index (χ2v) is 7.38. The van der Waals surface area contributed by atoms with Crippen LogP contribution in [-0.4, -0.2) is 20.5 Å². The zero-order chi connectivity index (χ0) is 19.6. The number of aryl methyl sites for hydroxylation is 1. The highest BCUT2D eigenvalue weighted by atomic mass is 127. The SMILES string of the molecule is Cc1cc(F)ccc1-c1cc(-c2ccccc2)nc(C(C)CI)c1C(=O)O. The summed E-state index contributed by atoms with van der Waals surface area (Å²) in [6.45, 7) is 3.76. The predicted molar refractivity (Wildman–Crippen MR) is 114 cm³/mol. The lowest BCUT2D eigenvalue weighted by Crippen LogP contribution is -2.12. The molecule has 27 heavy (non-hydrogen) atoms. The summed E-state index contributed by atoms with van der Waals surface area (Å²) in [7, 11) is 0. The Morgan fingerprint density at radius 3 is 2.44 bits per heavy atom. The van der Waals surface area contributed by atoms with Crippen LogP contribution in [0, 0.1) is 12.7 Å². The van der Waals surface area contributed by atoms with Gasteiger partial charge in [0.05, 0.1) is 17.0 Å². The van der Waals surface area contributed by atoms with Gasteiger partial charge in [-0.1, -0.05) is 65.9 Å². The molecule has 0 spiro atoms. The number of hydrogen-bond donors (Lipinski definition) is 1. The van der Waals surface area contributed by atoms with E-state index in [9.17, 15) is 14.3 Å². The van der Waals surface area contributed by atoms with Crippen LogP contribution in [0.1, 0.15) is 34.5 Å². The summed E-state index contributed by atoms with van der Waals surface area (Å²) < 4.78 is 14.3. The Morgan fingerprint density at radius 1 is 1.15 bits per heavy atom. The van der Waals surface area contributed by atoms with Crippen molar-refractivity contribution < 1.29 is 14.3 Å². The number of carbonyl (C=O) groups is 1. The molecule has 138 valence electrons. The van der Waals surface area contributed by atoms with Crippen LogP contribution in [0.15, 0.2) is 54.6 Å². The zero-order valence-corrected chi connectivity index (χ0v) is 17.2. The summed E-state index contributed by atoms with van der Waals surface area (Å²) in [5, 5.41) is 9.94. The Morgan fingerprint density at radius 2 is 1.85 bits per heavy atom. The lowest BCUT2D eigenvalue weighted by atomic mass is 9.90. The highest BCUT2D eigenvalue weighted by molar-refractivity contribution is 14.1. The van der Waals surface area contributed by atoms with Gasteiger partial charge in [-0.25, -0.2) is 9.18 Å². The number of carboxylic acids is 1. The molecule has 0 aliphatic carbocycles. The fraction of sp³-hybridized carbons (Fsp3) is 0.182. The van der Waals surface area contributed by atoms with Crippen molar-refractivity contribution in [2.24, 2.45) is 0 Å². The molecule has 0 fully saturated rings. The van der Waals surface area contributed by atoms with Crippen molar-refractivity contribution in [2.75, 3.05) is 4.43 Å². The Bertz CT molecular complexity index is 989. The maximum atomic E-state index is 13.6. The van der Waals surface area contributed by atoms with Crippen LogP contribution in [0.25, 0.3) is 22.4 Å². The van der Waals surface area contributed by atoms with Crippen molar-refractivity contribution in [2.45, 2.75) is 19.8 Å². The largest absolute Gasteiger partial charge is 0.478 e. The Labute approximate surface area is 171 Å². The first-order valence-corrected chi connectivity index (χ1v) is 10.1. The van der Waals surface area contributed by atoms with Crippen LogP contribution >= 0.6 is 22.6 Å². The molecule has 0 saturated heterocycles. The van der Waals surface area contributed by atoms with E-state index >= 15 is 0 Å². The number of halogens is 2. The van der Waals surface area contributed by atoms with Crippen LogP contribution in [0.5, 0.6) is 0 Å². The van der Waals surface area contributed by atoms with Crippen LogP contribution in [-0.2, 0) is 0 Å². The number of carboxylic acid groups (broad SMARTS) is 1. The van der Waals surface area contributed by atoms with Gasteiger partial charge in [-0.05, 0) is 36.2 Å². The fourth-order valence-corrected chi connectivity index (χ4v) is 3.53. The molecule has 0 radical (unpaired) electrons.